The molecule has 1 aromatic carbocycles. The van der Waals surface area contributed by atoms with Crippen LogP contribution in [0.25, 0.3) is 0 Å². The van der Waals surface area contributed by atoms with Gasteiger partial charge in [0.05, 0.1) is 11.8 Å². The zero-order valence-corrected chi connectivity index (χ0v) is 14.9. The smallest absolute Gasteiger partial charge is 0.0762 e. The van der Waals surface area contributed by atoms with Gasteiger partial charge in [0.15, 0.2) is 0 Å². The Kier molecular flexibility index (Phi) is 7.04. The molecule has 1 N–H and O–H groups in total. The van der Waals surface area contributed by atoms with Crippen LogP contribution < -0.4 is 4.90 Å². The molecule has 0 aromatic heterocycles. The Bertz CT molecular complexity index is 413. The largest absolute Gasteiger partial charge is 0.389 e. The van der Waals surface area contributed by atoms with E-state index in [1.807, 2.05) is 12.1 Å². The number of rotatable bonds is 7. The number of hydrogen-bond donors (Lipinski definition) is 1. The Morgan fingerprint density at radius 2 is 1.75 bits per heavy atom. The van der Waals surface area contributed by atoms with Crippen molar-refractivity contribution in [3.05, 3.63) is 28.2 Å². The molecule has 0 fully saturated rings. The van der Waals surface area contributed by atoms with Gasteiger partial charge in [-0.1, -0.05) is 33.8 Å². The average Bonchev–Trinajstić information content (AvgIpc) is 2.38. The molecular weight excluding hydrogens is 314 g/mol. The van der Waals surface area contributed by atoms with Crippen molar-refractivity contribution in [2.45, 2.75) is 59.6 Å². The first-order chi connectivity index (χ1) is 9.40. The van der Waals surface area contributed by atoms with Crippen molar-refractivity contribution in [1.82, 2.24) is 0 Å². The fourth-order valence-electron chi connectivity index (χ4n) is 2.58. The SMILES string of the molecule is CCC(CC)N(CC(C)C)c1ccc([C@H](C)O)cc1Br. The molecule has 0 aliphatic rings. The summed E-state index contributed by atoms with van der Waals surface area (Å²) in [4.78, 5) is 2.50. The molecule has 1 rings (SSSR count). The molecule has 0 heterocycles. The van der Waals surface area contributed by atoms with Gasteiger partial charge in [-0.25, -0.2) is 0 Å². The summed E-state index contributed by atoms with van der Waals surface area (Å²) in [6.07, 6.45) is 1.87. The normalized spacial score (nSPS) is 13.1. The van der Waals surface area contributed by atoms with Crippen LogP contribution in [0.5, 0.6) is 0 Å². The van der Waals surface area contributed by atoms with Crippen LogP contribution in [0.1, 0.15) is 59.1 Å². The zero-order chi connectivity index (χ0) is 15.3. The minimum absolute atomic E-state index is 0.424. The summed E-state index contributed by atoms with van der Waals surface area (Å²) < 4.78 is 1.07. The molecule has 1 atom stereocenters. The van der Waals surface area contributed by atoms with Crippen LogP contribution in [0.4, 0.5) is 5.69 Å². The minimum atomic E-state index is -0.424. The lowest BCUT2D eigenvalue weighted by atomic mass is 10.0. The van der Waals surface area contributed by atoms with Crippen molar-refractivity contribution < 1.29 is 5.11 Å². The molecule has 0 saturated carbocycles. The second-order valence-electron chi connectivity index (χ2n) is 5.90. The van der Waals surface area contributed by atoms with Crippen LogP contribution in [0.2, 0.25) is 0 Å². The van der Waals surface area contributed by atoms with E-state index in [0.29, 0.717) is 12.0 Å². The van der Waals surface area contributed by atoms with Crippen LogP contribution in [-0.4, -0.2) is 17.7 Å². The maximum atomic E-state index is 9.69. The number of nitrogens with zero attached hydrogens (tertiary/aromatic N) is 1. The maximum absolute atomic E-state index is 9.69. The molecule has 3 heteroatoms. The third kappa shape index (κ3) is 4.49. The Morgan fingerprint density at radius 3 is 2.15 bits per heavy atom. The highest BCUT2D eigenvalue weighted by atomic mass is 79.9. The average molecular weight is 342 g/mol. The molecule has 0 radical (unpaired) electrons. The summed E-state index contributed by atoms with van der Waals surface area (Å²) in [5, 5.41) is 9.69. The van der Waals surface area contributed by atoms with Gasteiger partial charge in [-0.2, -0.15) is 0 Å². The number of anilines is 1. The van der Waals surface area contributed by atoms with E-state index in [-0.39, 0.29) is 0 Å². The highest BCUT2D eigenvalue weighted by molar-refractivity contribution is 9.10. The lowest BCUT2D eigenvalue weighted by Crippen LogP contribution is -2.37. The Hall–Kier alpha value is -0.540. The van der Waals surface area contributed by atoms with Crippen molar-refractivity contribution in [3.63, 3.8) is 0 Å². The zero-order valence-electron chi connectivity index (χ0n) is 13.4. The quantitative estimate of drug-likeness (QED) is 0.740. The second-order valence-corrected chi connectivity index (χ2v) is 6.76. The van der Waals surface area contributed by atoms with Crippen LogP contribution in [0.3, 0.4) is 0 Å². The molecule has 0 saturated heterocycles. The van der Waals surface area contributed by atoms with Gasteiger partial charge in [0.2, 0.25) is 0 Å². The molecule has 0 spiro atoms. The third-order valence-electron chi connectivity index (χ3n) is 3.71. The topological polar surface area (TPSA) is 23.5 Å². The first kappa shape index (κ1) is 17.5. The van der Waals surface area contributed by atoms with E-state index in [4.69, 9.17) is 0 Å². The van der Waals surface area contributed by atoms with Crippen LogP contribution in [0, 0.1) is 5.92 Å². The van der Waals surface area contributed by atoms with Crippen LogP contribution in [0.15, 0.2) is 22.7 Å². The molecular formula is C17H28BrNO. The van der Waals surface area contributed by atoms with Crippen LogP contribution >= 0.6 is 15.9 Å². The van der Waals surface area contributed by atoms with Gasteiger partial charge in [0, 0.05) is 17.1 Å². The fraction of sp³-hybridized carbons (Fsp3) is 0.647. The van der Waals surface area contributed by atoms with Crippen molar-refractivity contribution in [2.24, 2.45) is 5.92 Å². The number of aliphatic hydroxyl groups excluding tert-OH is 1. The van der Waals surface area contributed by atoms with E-state index in [1.165, 1.54) is 5.69 Å². The van der Waals surface area contributed by atoms with E-state index in [2.05, 4.69) is 54.6 Å². The second kappa shape index (κ2) is 8.04. The van der Waals surface area contributed by atoms with E-state index < -0.39 is 6.10 Å². The van der Waals surface area contributed by atoms with Crippen molar-refractivity contribution >= 4 is 21.6 Å². The van der Waals surface area contributed by atoms with Crippen molar-refractivity contribution in [1.29, 1.82) is 0 Å². The molecule has 0 bridgehead atoms. The first-order valence-corrected chi connectivity index (χ1v) is 8.44. The van der Waals surface area contributed by atoms with Gasteiger partial charge >= 0.3 is 0 Å². The summed E-state index contributed by atoms with van der Waals surface area (Å²) in [6.45, 7) is 11.9. The summed E-state index contributed by atoms with van der Waals surface area (Å²) in [5.74, 6) is 0.624. The monoisotopic (exact) mass is 341 g/mol. The van der Waals surface area contributed by atoms with E-state index in [1.54, 1.807) is 6.92 Å². The van der Waals surface area contributed by atoms with Gasteiger partial charge in [-0.05, 0) is 59.3 Å². The first-order valence-electron chi connectivity index (χ1n) is 7.64. The van der Waals surface area contributed by atoms with Gasteiger partial charge in [-0.3, -0.25) is 0 Å². The van der Waals surface area contributed by atoms with E-state index in [9.17, 15) is 5.11 Å². The van der Waals surface area contributed by atoms with Gasteiger partial charge in [0.25, 0.3) is 0 Å². The molecule has 2 nitrogen and oxygen atoms in total. The number of hydrogen-bond acceptors (Lipinski definition) is 2. The predicted octanol–water partition coefficient (Wildman–Crippen LogP) is 5.15. The summed E-state index contributed by atoms with van der Waals surface area (Å²) in [6, 6.07) is 6.76. The molecule has 0 amide bonds. The van der Waals surface area contributed by atoms with Gasteiger partial charge < -0.3 is 10.0 Å². The highest BCUT2D eigenvalue weighted by Gasteiger charge is 2.19. The maximum Gasteiger partial charge on any atom is 0.0762 e. The van der Waals surface area contributed by atoms with Crippen molar-refractivity contribution in [2.75, 3.05) is 11.4 Å². The predicted molar refractivity (Wildman–Crippen MR) is 91.3 cm³/mol. The molecule has 114 valence electrons. The summed E-state index contributed by atoms with van der Waals surface area (Å²) in [7, 11) is 0. The lowest BCUT2D eigenvalue weighted by molar-refractivity contribution is 0.199. The minimum Gasteiger partial charge on any atom is -0.389 e. The number of halogens is 1. The third-order valence-corrected chi connectivity index (χ3v) is 4.34. The van der Waals surface area contributed by atoms with E-state index >= 15 is 0 Å². The highest BCUT2D eigenvalue weighted by Crippen LogP contribution is 2.32. The Morgan fingerprint density at radius 1 is 1.15 bits per heavy atom. The Balaban J connectivity index is 3.13. The lowest BCUT2D eigenvalue weighted by Gasteiger charge is -2.35. The van der Waals surface area contributed by atoms with Crippen molar-refractivity contribution in [3.8, 4) is 0 Å². The molecule has 20 heavy (non-hydrogen) atoms. The summed E-state index contributed by atoms with van der Waals surface area (Å²) >= 11 is 3.68. The van der Waals surface area contributed by atoms with E-state index in [0.717, 1.165) is 29.4 Å². The summed E-state index contributed by atoms with van der Waals surface area (Å²) in [5.41, 5.74) is 2.19. The molecule has 0 aliphatic heterocycles. The van der Waals surface area contributed by atoms with Gasteiger partial charge in [0.1, 0.15) is 0 Å². The number of aliphatic hydroxyl groups is 1. The molecule has 0 aliphatic carbocycles. The van der Waals surface area contributed by atoms with Crippen LogP contribution in [-0.2, 0) is 0 Å². The Labute approximate surface area is 132 Å². The molecule has 1 aromatic rings. The van der Waals surface area contributed by atoms with Gasteiger partial charge in [-0.15, -0.1) is 0 Å². The fourth-order valence-corrected chi connectivity index (χ4v) is 3.21. The molecule has 0 unspecified atom stereocenters. The number of benzene rings is 1. The standard InChI is InChI=1S/C17H28BrNO/c1-6-15(7-2)19(11-12(3)4)17-9-8-14(13(5)20)10-16(17)18/h8-10,12-13,15,20H,6-7,11H2,1-5H3/t13-/m0/s1.